The number of ether oxygens (including phenoxy) is 1. The van der Waals surface area contributed by atoms with Crippen LogP contribution >= 0.6 is 0 Å². The zero-order chi connectivity index (χ0) is 21.9. The van der Waals surface area contributed by atoms with E-state index in [0.29, 0.717) is 17.7 Å². The number of aliphatic hydroxyl groups excluding tert-OH is 1. The molecule has 1 unspecified atom stereocenters. The van der Waals surface area contributed by atoms with E-state index in [1.54, 1.807) is 6.07 Å². The van der Waals surface area contributed by atoms with Crippen molar-refractivity contribution in [3.63, 3.8) is 0 Å². The summed E-state index contributed by atoms with van der Waals surface area (Å²) in [4.78, 5) is 28.9. The average molecular weight is 433 g/mol. The molecule has 2 saturated heterocycles. The summed E-state index contributed by atoms with van der Waals surface area (Å²) in [7, 11) is 0. The van der Waals surface area contributed by atoms with E-state index in [1.165, 1.54) is 0 Å². The predicted octanol–water partition coefficient (Wildman–Crippen LogP) is 2.92. The molecule has 1 spiro atoms. The van der Waals surface area contributed by atoms with Gasteiger partial charge in [-0.25, -0.2) is 4.79 Å². The molecular formula is C26H28N2O4. The minimum atomic E-state index is -0.622. The Morgan fingerprint density at radius 2 is 1.81 bits per heavy atom. The zero-order valence-corrected chi connectivity index (χ0v) is 18.1. The van der Waals surface area contributed by atoms with Crippen molar-refractivity contribution >= 4 is 17.4 Å². The van der Waals surface area contributed by atoms with E-state index in [9.17, 15) is 14.7 Å². The number of ketones is 1. The second-order valence-corrected chi connectivity index (χ2v) is 9.72. The monoisotopic (exact) mass is 432 g/mol. The third-order valence-electron chi connectivity index (χ3n) is 7.84. The van der Waals surface area contributed by atoms with E-state index < -0.39 is 11.0 Å². The molecule has 6 nitrogen and oxygen atoms in total. The number of carbonyl (C=O) groups excluding carboxylic acids is 2. The molecule has 6 rings (SSSR count). The minimum absolute atomic E-state index is 0.0307. The minimum Gasteiger partial charge on any atom is -0.449 e. The molecule has 0 aromatic heterocycles. The van der Waals surface area contributed by atoms with Crippen LogP contribution in [-0.2, 0) is 15.8 Å². The van der Waals surface area contributed by atoms with Crippen LogP contribution in [0.1, 0.15) is 63.9 Å². The van der Waals surface area contributed by atoms with E-state index in [1.807, 2.05) is 12.1 Å². The van der Waals surface area contributed by atoms with Crippen LogP contribution in [0, 0.1) is 0 Å². The molecule has 2 aromatic rings. The summed E-state index contributed by atoms with van der Waals surface area (Å²) in [5, 5.41) is 13.0. The number of carbonyl (C=O) groups is 2. The highest BCUT2D eigenvalue weighted by atomic mass is 16.6. The van der Waals surface area contributed by atoms with Gasteiger partial charge in [-0.15, -0.1) is 0 Å². The van der Waals surface area contributed by atoms with Crippen LogP contribution in [0.25, 0.3) is 0 Å². The molecule has 4 aliphatic rings. The van der Waals surface area contributed by atoms with Crippen molar-refractivity contribution in [3.05, 3.63) is 64.7 Å². The largest absolute Gasteiger partial charge is 0.449 e. The predicted molar refractivity (Wildman–Crippen MR) is 120 cm³/mol. The van der Waals surface area contributed by atoms with Crippen LogP contribution in [-0.4, -0.2) is 49.1 Å². The maximum atomic E-state index is 13.8. The second kappa shape index (κ2) is 7.15. The third-order valence-corrected chi connectivity index (χ3v) is 7.84. The molecular weight excluding hydrogens is 404 g/mol. The first-order chi connectivity index (χ1) is 15.5. The first-order valence-electron chi connectivity index (χ1n) is 11.7. The lowest BCUT2D eigenvalue weighted by molar-refractivity contribution is 0.00158. The highest BCUT2D eigenvalue weighted by Gasteiger charge is 2.54. The number of anilines is 1. The first-order valence-corrected chi connectivity index (χ1v) is 11.7. The number of aliphatic hydroxyl groups is 1. The van der Waals surface area contributed by atoms with Crippen LogP contribution in [0.15, 0.2) is 42.5 Å². The van der Waals surface area contributed by atoms with Crippen LogP contribution < -0.4 is 10.2 Å². The zero-order valence-electron chi connectivity index (χ0n) is 18.1. The summed E-state index contributed by atoms with van der Waals surface area (Å²) in [6, 6.07) is 13.9. The van der Waals surface area contributed by atoms with Gasteiger partial charge in [0.1, 0.15) is 0 Å². The summed E-state index contributed by atoms with van der Waals surface area (Å²) in [6.45, 7) is 3.10. The number of nitrogens with one attached hydrogen (secondary N) is 1. The quantitative estimate of drug-likeness (QED) is 0.571. The van der Waals surface area contributed by atoms with Crippen molar-refractivity contribution < 1.29 is 19.4 Å². The van der Waals surface area contributed by atoms with Crippen molar-refractivity contribution in [1.82, 2.24) is 5.32 Å². The molecule has 3 aliphatic heterocycles. The van der Waals surface area contributed by atoms with Gasteiger partial charge in [-0.3, -0.25) is 4.79 Å². The number of Topliss-reactive ketones (excluding diaryl/α,β-unsaturated/α-hetero) is 1. The van der Waals surface area contributed by atoms with Crippen molar-refractivity contribution in [2.45, 2.75) is 49.2 Å². The van der Waals surface area contributed by atoms with Gasteiger partial charge in [0, 0.05) is 42.9 Å². The summed E-state index contributed by atoms with van der Waals surface area (Å²) >= 11 is 0. The van der Waals surface area contributed by atoms with Gasteiger partial charge < -0.3 is 20.1 Å². The maximum absolute atomic E-state index is 13.8. The summed E-state index contributed by atoms with van der Waals surface area (Å²) < 4.78 is 5.82. The van der Waals surface area contributed by atoms with Gasteiger partial charge >= 0.3 is 5.97 Å². The Bertz CT molecular complexity index is 1080. The van der Waals surface area contributed by atoms with Crippen LogP contribution in [0.5, 0.6) is 0 Å². The summed E-state index contributed by atoms with van der Waals surface area (Å²) in [6.07, 6.45) is 3.71. The Hall–Kier alpha value is -2.70. The van der Waals surface area contributed by atoms with E-state index in [2.05, 4.69) is 34.5 Å². The second-order valence-electron chi connectivity index (χ2n) is 9.72. The maximum Gasteiger partial charge on any atom is 0.340 e. The number of piperidine rings is 1. The van der Waals surface area contributed by atoms with E-state index in [0.717, 1.165) is 68.6 Å². The lowest BCUT2D eigenvalue weighted by atomic mass is 9.82. The number of benzene rings is 2. The van der Waals surface area contributed by atoms with Crippen LogP contribution in [0.2, 0.25) is 0 Å². The Morgan fingerprint density at radius 3 is 2.47 bits per heavy atom. The summed E-state index contributed by atoms with van der Waals surface area (Å²) in [5.41, 5.74) is 2.81. The van der Waals surface area contributed by atoms with Crippen molar-refractivity contribution in [2.24, 2.45) is 0 Å². The Balaban J connectivity index is 1.30. The molecule has 3 fully saturated rings. The lowest BCUT2D eigenvalue weighted by Gasteiger charge is -2.31. The normalized spacial score (nSPS) is 26.3. The fraction of sp³-hybridized carbons (Fsp3) is 0.462. The Morgan fingerprint density at radius 1 is 1.06 bits per heavy atom. The number of fused-ring (bicyclic) bond motifs is 2. The summed E-state index contributed by atoms with van der Waals surface area (Å²) in [5.74, 6) is -0.339. The SMILES string of the molecule is O=C1OC2(CCNC2)c2cccc(C(=O)C3(c4ccc(N5CCC(O)CC5)cc4)CC3)c21. The van der Waals surface area contributed by atoms with E-state index >= 15 is 0 Å². The molecule has 166 valence electrons. The lowest BCUT2D eigenvalue weighted by Crippen LogP contribution is -2.35. The molecule has 3 heterocycles. The fourth-order valence-electron chi connectivity index (χ4n) is 5.76. The number of esters is 1. The molecule has 0 amide bonds. The molecule has 2 N–H and O–H groups in total. The molecule has 1 saturated carbocycles. The van der Waals surface area contributed by atoms with Crippen molar-refractivity contribution in [2.75, 3.05) is 31.1 Å². The fourth-order valence-corrected chi connectivity index (χ4v) is 5.76. The Labute approximate surface area is 187 Å². The molecule has 0 radical (unpaired) electrons. The van der Waals surface area contributed by atoms with Gasteiger partial charge in [0.2, 0.25) is 0 Å². The standard InChI is InChI=1S/C26H28N2O4/c29-19-8-14-28(15-9-19)18-6-4-17(5-7-18)25(10-11-25)23(30)20-2-1-3-21-22(20)24(31)32-26(21)12-13-27-16-26/h1-7,19,27,29H,8-16H2. The van der Waals surface area contributed by atoms with Gasteiger partial charge in [-0.1, -0.05) is 30.3 Å². The van der Waals surface area contributed by atoms with Gasteiger partial charge in [-0.2, -0.15) is 0 Å². The Kier molecular flexibility index (Phi) is 4.46. The first kappa shape index (κ1) is 19.9. The number of hydrogen-bond acceptors (Lipinski definition) is 6. The van der Waals surface area contributed by atoms with E-state index in [4.69, 9.17) is 4.74 Å². The van der Waals surface area contributed by atoms with E-state index in [-0.39, 0.29) is 17.9 Å². The topological polar surface area (TPSA) is 78.9 Å². The number of hydrogen-bond donors (Lipinski definition) is 2. The molecule has 6 heteroatoms. The molecule has 1 aliphatic carbocycles. The molecule has 2 aromatic carbocycles. The van der Waals surface area contributed by atoms with Crippen LogP contribution in [0.4, 0.5) is 5.69 Å². The van der Waals surface area contributed by atoms with Gasteiger partial charge in [0.25, 0.3) is 0 Å². The van der Waals surface area contributed by atoms with Crippen molar-refractivity contribution in [1.29, 1.82) is 0 Å². The highest BCUT2D eigenvalue weighted by Crippen LogP contribution is 2.52. The van der Waals surface area contributed by atoms with Gasteiger partial charge in [-0.05, 0) is 49.9 Å². The molecule has 0 bridgehead atoms. The molecule has 32 heavy (non-hydrogen) atoms. The highest BCUT2D eigenvalue weighted by molar-refractivity contribution is 6.14. The molecule has 1 atom stereocenters. The van der Waals surface area contributed by atoms with Gasteiger partial charge in [0.05, 0.1) is 17.1 Å². The van der Waals surface area contributed by atoms with Crippen molar-refractivity contribution in [3.8, 4) is 0 Å². The van der Waals surface area contributed by atoms with Crippen LogP contribution in [0.3, 0.4) is 0 Å². The van der Waals surface area contributed by atoms with Gasteiger partial charge in [0.15, 0.2) is 11.4 Å². The number of rotatable bonds is 4. The average Bonchev–Trinajstić information content (AvgIpc) is 3.42. The number of nitrogens with zero attached hydrogens (tertiary/aromatic N) is 1. The smallest absolute Gasteiger partial charge is 0.340 e. The third kappa shape index (κ3) is 2.93.